The Morgan fingerprint density at radius 1 is 1.42 bits per heavy atom. The smallest absolute Gasteiger partial charge is 0.335 e. The van der Waals surface area contributed by atoms with E-state index in [-0.39, 0.29) is 5.56 Å². The van der Waals surface area contributed by atoms with E-state index in [0.29, 0.717) is 16.0 Å². The van der Waals surface area contributed by atoms with Gasteiger partial charge >= 0.3 is 5.97 Å². The predicted molar refractivity (Wildman–Crippen MR) is 71.2 cm³/mol. The van der Waals surface area contributed by atoms with Crippen molar-refractivity contribution < 1.29 is 9.90 Å². The van der Waals surface area contributed by atoms with Gasteiger partial charge in [-0.25, -0.2) is 4.79 Å². The van der Waals surface area contributed by atoms with Gasteiger partial charge < -0.3 is 5.11 Å². The molecule has 0 unspecified atom stereocenters. The van der Waals surface area contributed by atoms with Gasteiger partial charge in [0.15, 0.2) is 0 Å². The second-order valence-electron chi connectivity index (χ2n) is 3.87. The lowest BCUT2D eigenvalue weighted by atomic mass is 10.1. The van der Waals surface area contributed by atoms with Gasteiger partial charge in [-0.3, -0.25) is 4.98 Å². The fourth-order valence-electron chi connectivity index (χ4n) is 1.58. The van der Waals surface area contributed by atoms with Crippen LogP contribution in [0.2, 0.25) is 0 Å². The number of aryl methyl sites for hydroxylation is 1. The first-order valence-corrected chi connectivity index (χ1v) is 6.29. The number of aromatic nitrogens is 1. The normalized spacial score (nSPS) is 9.89. The van der Waals surface area contributed by atoms with E-state index in [1.165, 1.54) is 11.8 Å². The summed E-state index contributed by atoms with van der Waals surface area (Å²) in [6.07, 6.45) is 3.16. The number of pyridine rings is 1. The molecule has 0 aliphatic carbocycles. The number of rotatable bonds is 3. The molecule has 5 heteroatoms. The number of carbonyl (C=O) groups is 1. The van der Waals surface area contributed by atoms with Crippen LogP contribution < -0.4 is 0 Å². The van der Waals surface area contributed by atoms with E-state index in [2.05, 4.69) is 11.1 Å². The number of nitrogens with zero attached hydrogens (tertiary/aromatic N) is 2. The van der Waals surface area contributed by atoms with Gasteiger partial charge in [0.05, 0.1) is 11.1 Å². The van der Waals surface area contributed by atoms with Crippen LogP contribution in [0.15, 0.2) is 46.5 Å². The molecule has 2 rings (SSSR count). The van der Waals surface area contributed by atoms with E-state index in [4.69, 9.17) is 10.4 Å². The Morgan fingerprint density at radius 2 is 2.21 bits per heavy atom. The zero-order valence-corrected chi connectivity index (χ0v) is 10.9. The molecule has 0 aliphatic heterocycles. The van der Waals surface area contributed by atoms with Crippen LogP contribution in [0.1, 0.15) is 21.5 Å². The number of hydrogen-bond acceptors (Lipinski definition) is 4. The molecule has 0 saturated carbocycles. The van der Waals surface area contributed by atoms with E-state index in [0.717, 1.165) is 4.90 Å². The van der Waals surface area contributed by atoms with Crippen molar-refractivity contribution in [2.45, 2.75) is 16.7 Å². The molecule has 19 heavy (non-hydrogen) atoms. The topological polar surface area (TPSA) is 74.0 Å². The summed E-state index contributed by atoms with van der Waals surface area (Å²) < 4.78 is 0. The van der Waals surface area contributed by atoms with Crippen LogP contribution in [0.5, 0.6) is 0 Å². The van der Waals surface area contributed by atoms with Crippen molar-refractivity contribution in [2.24, 2.45) is 0 Å². The molecule has 94 valence electrons. The van der Waals surface area contributed by atoms with Gasteiger partial charge in [-0.1, -0.05) is 17.8 Å². The standard InChI is InChI=1S/C14H10N2O2S/c1-9-2-3-11(6-12(9)14(17)18)19-13-8-16-5-4-10(13)7-15/h2-6,8H,1H3,(H,17,18). The lowest BCUT2D eigenvalue weighted by Crippen LogP contribution is -1.99. The molecule has 0 fully saturated rings. The summed E-state index contributed by atoms with van der Waals surface area (Å²) in [7, 11) is 0. The molecule has 0 aliphatic rings. The molecule has 1 heterocycles. The Kier molecular flexibility index (Phi) is 3.83. The van der Waals surface area contributed by atoms with Crippen molar-refractivity contribution in [3.05, 3.63) is 53.3 Å². The Labute approximate surface area is 114 Å². The summed E-state index contributed by atoms with van der Waals surface area (Å²) in [6.45, 7) is 1.75. The highest BCUT2D eigenvalue weighted by Crippen LogP contribution is 2.30. The number of carboxylic acid groups (broad SMARTS) is 1. The first-order chi connectivity index (χ1) is 9.11. The zero-order chi connectivity index (χ0) is 13.8. The molecular formula is C14H10N2O2S. The highest BCUT2D eigenvalue weighted by atomic mass is 32.2. The predicted octanol–water partition coefficient (Wildman–Crippen LogP) is 3.11. The average molecular weight is 270 g/mol. The van der Waals surface area contributed by atoms with E-state index >= 15 is 0 Å². The molecule has 1 aromatic carbocycles. The van der Waals surface area contributed by atoms with Crippen LogP contribution in [0.25, 0.3) is 0 Å². The zero-order valence-electron chi connectivity index (χ0n) is 10.1. The van der Waals surface area contributed by atoms with Gasteiger partial charge in [-0.2, -0.15) is 5.26 Å². The molecule has 0 radical (unpaired) electrons. The van der Waals surface area contributed by atoms with E-state index in [1.54, 1.807) is 37.5 Å². The number of carboxylic acids is 1. The maximum Gasteiger partial charge on any atom is 0.335 e. The molecule has 0 amide bonds. The third kappa shape index (κ3) is 2.92. The van der Waals surface area contributed by atoms with Gasteiger partial charge in [0.25, 0.3) is 0 Å². The molecule has 1 N–H and O–H groups in total. The highest BCUT2D eigenvalue weighted by molar-refractivity contribution is 7.99. The average Bonchev–Trinajstić information content (AvgIpc) is 2.41. The summed E-state index contributed by atoms with van der Waals surface area (Å²) in [5.74, 6) is -0.952. The molecule has 0 bridgehead atoms. The quantitative estimate of drug-likeness (QED) is 0.927. The second kappa shape index (κ2) is 5.55. The van der Waals surface area contributed by atoms with Crippen molar-refractivity contribution >= 4 is 17.7 Å². The summed E-state index contributed by atoms with van der Waals surface area (Å²) >= 11 is 1.33. The second-order valence-corrected chi connectivity index (χ2v) is 4.98. The minimum Gasteiger partial charge on any atom is -0.478 e. The van der Waals surface area contributed by atoms with Gasteiger partial charge in [0.1, 0.15) is 6.07 Å². The summed E-state index contributed by atoms with van der Waals surface area (Å²) in [5.41, 5.74) is 1.51. The van der Waals surface area contributed by atoms with Crippen LogP contribution >= 0.6 is 11.8 Å². The van der Waals surface area contributed by atoms with Gasteiger partial charge in [-0.05, 0) is 30.7 Å². The van der Waals surface area contributed by atoms with Crippen molar-refractivity contribution in [1.82, 2.24) is 4.98 Å². The van der Waals surface area contributed by atoms with E-state index in [1.807, 2.05) is 6.07 Å². The van der Waals surface area contributed by atoms with Crippen molar-refractivity contribution in [3.8, 4) is 6.07 Å². The van der Waals surface area contributed by atoms with Crippen LogP contribution in [0, 0.1) is 18.3 Å². The van der Waals surface area contributed by atoms with Gasteiger partial charge in [0, 0.05) is 22.2 Å². The Bertz CT molecular complexity index is 677. The van der Waals surface area contributed by atoms with E-state index in [9.17, 15) is 4.79 Å². The lowest BCUT2D eigenvalue weighted by Gasteiger charge is -2.06. The van der Waals surface area contributed by atoms with E-state index < -0.39 is 5.97 Å². The highest BCUT2D eigenvalue weighted by Gasteiger charge is 2.10. The molecule has 2 aromatic rings. The van der Waals surface area contributed by atoms with Crippen molar-refractivity contribution in [3.63, 3.8) is 0 Å². The SMILES string of the molecule is Cc1ccc(Sc2cnccc2C#N)cc1C(=O)O. The first kappa shape index (κ1) is 13.1. The molecule has 0 atom stereocenters. The number of aromatic carboxylic acids is 1. The number of hydrogen-bond donors (Lipinski definition) is 1. The fraction of sp³-hybridized carbons (Fsp3) is 0.0714. The minimum absolute atomic E-state index is 0.271. The third-order valence-corrected chi connectivity index (χ3v) is 3.61. The molecular weight excluding hydrogens is 260 g/mol. The largest absolute Gasteiger partial charge is 0.478 e. The number of benzene rings is 1. The fourth-order valence-corrected chi connectivity index (χ4v) is 2.48. The minimum atomic E-state index is -0.952. The van der Waals surface area contributed by atoms with Crippen molar-refractivity contribution in [2.75, 3.05) is 0 Å². The Balaban J connectivity index is 2.37. The first-order valence-electron chi connectivity index (χ1n) is 5.47. The van der Waals surface area contributed by atoms with Gasteiger partial charge in [-0.15, -0.1) is 0 Å². The summed E-state index contributed by atoms with van der Waals surface area (Å²) in [6, 6.07) is 8.92. The van der Waals surface area contributed by atoms with Crippen LogP contribution in [-0.2, 0) is 0 Å². The molecule has 0 spiro atoms. The van der Waals surface area contributed by atoms with Crippen LogP contribution in [0.3, 0.4) is 0 Å². The molecule has 4 nitrogen and oxygen atoms in total. The van der Waals surface area contributed by atoms with Crippen LogP contribution in [0.4, 0.5) is 0 Å². The number of nitriles is 1. The monoisotopic (exact) mass is 270 g/mol. The van der Waals surface area contributed by atoms with Crippen LogP contribution in [-0.4, -0.2) is 16.1 Å². The Morgan fingerprint density at radius 3 is 2.89 bits per heavy atom. The third-order valence-electron chi connectivity index (χ3n) is 2.57. The summed E-state index contributed by atoms with van der Waals surface area (Å²) in [5, 5.41) is 18.1. The maximum atomic E-state index is 11.1. The van der Waals surface area contributed by atoms with Crippen molar-refractivity contribution in [1.29, 1.82) is 5.26 Å². The maximum absolute atomic E-state index is 11.1. The molecule has 1 aromatic heterocycles. The summed E-state index contributed by atoms with van der Waals surface area (Å²) in [4.78, 5) is 16.5. The Hall–Kier alpha value is -2.32. The lowest BCUT2D eigenvalue weighted by molar-refractivity contribution is 0.0696. The molecule has 0 saturated heterocycles. The van der Waals surface area contributed by atoms with Gasteiger partial charge in [0.2, 0.25) is 0 Å².